The van der Waals surface area contributed by atoms with Crippen molar-refractivity contribution in [1.82, 2.24) is 5.32 Å². The fourth-order valence-corrected chi connectivity index (χ4v) is 2.71. The highest BCUT2D eigenvalue weighted by Gasteiger charge is 2.04. The Hall–Kier alpha value is 0.0600. The van der Waals surface area contributed by atoms with Crippen LogP contribution in [0.25, 0.3) is 0 Å². The van der Waals surface area contributed by atoms with Crippen molar-refractivity contribution in [2.75, 3.05) is 20.2 Å². The second-order valence-corrected chi connectivity index (χ2v) is 5.11. The third-order valence-corrected chi connectivity index (χ3v) is 4.14. The van der Waals surface area contributed by atoms with E-state index in [0.29, 0.717) is 6.54 Å². The van der Waals surface area contributed by atoms with E-state index in [2.05, 4.69) is 32.7 Å². The van der Waals surface area contributed by atoms with Crippen LogP contribution in [0, 0.1) is 0 Å². The second kappa shape index (κ2) is 7.35. The Morgan fingerprint density at radius 2 is 2.47 bits per heavy atom. The number of halogens is 1. The number of thiophene rings is 1. The molecule has 1 aromatic rings. The summed E-state index contributed by atoms with van der Waals surface area (Å²) in [6.45, 7) is 2.42. The molecule has 0 saturated carbocycles. The molecule has 0 fully saturated rings. The molecular weight excluding hydrogens is 276 g/mol. The minimum atomic E-state index is 0.171. The largest absolute Gasteiger partial charge is 0.380 e. The molecule has 1 heterocycles. The predicted octanol–water partition coefficient (Wildman–Crippen LogP) is 1.96. The SMILES string of the molecule is COC(CN)CCNCc1sccc1Br. The lowest BCUT2D eigenvalue weighted by Gasteiger charge is -2.12. The van der Waals surface area contributed by atoms with E-state index in [1.807, 2.05) is 0 Å². The molecule has 5 heteroatoms. The van der Waals surface area contributed by atoms with Crippen LogP contribution in [0.3, 0.4) is 0 Å². The van der Waals surface area contributed by atoms with Gasteiger partial charge in [-0.2, -0.15) is 0 Å². The van der Waals surface area contributed by atoms with E-state index in [4.69, 9.17) is 10.5 Å². The van der Waals surface area contributed by atoms with Gasteiger partial charge >= 0.3 is 0 Å². The number of methoxy groups -OCH3 is 1. The molecule has 0 bridgehead atoms. The Morgan fingerprint density at radius 1 is 1.67 bits per heavy atom. The summed E-state index contributed by atoms with van der Waals surface area (Å²) >= 11 is 5.25. The summed E-state index contributed by atoms with van der Waals surface area (Å²) in [7, 11) is 1.70. The van der Waals surface area contributed by atoms with Crippen molar-refractivity contribution < 1.29 is 4.74 Å². The van der Waals surface area contributed by atoms with Gasteiger partial charge in [0.2, 0.25) is 0 Å². The Bertz CT molecular complexity index is 276. The third kappa shape index (κ3) is 4.61. The topological polar surface area (TPSA) is 47.3 Å². The fourth-order valence-electron chi connectivity index (χ4n) is 1.25. The quantitative estimate of drug-likeness (QED) is 0.756. The molecule has 3 N–H and O–H groups in total. The zero-order valence-corrected chi connectivity index (χ0v) is 11.2. The molecular formula is C10H17BrN2OS. The van der Waals surface area contributed by atoms with Gasteiger partial charge in [-0.15, -0.1) is 11.3 Å². The van der Waals surface area contributed by atoms with Gasteiger partial charge in [0.25, 0.3) is 0 Å². The van der Waals surface area contributed by atoms with Gasteiger partial charge in [-0.1, -0.05) is 0 Å². The van der Waals surface area contributed by atoms with Crippen LogP contribution in [0.1, 0.15) is 11.3 Å². The maximum absolute atomic E-state index is 5.53. The van der Waals surface area contributed by atoms with Gasteiger partial charge in [-0.05, 0) is 40.3 Å². The van der Waals surface area contributed by atoms with Gasteiger partial charge in [0.15, 0.2) is 0 Å². The molecule has 0 aliphatic rings. The van der Waals surface area contributed by atoms with Crippen LogP contribution in [0.5, 0.6) is 0 Å². The molecule has 1 unspecified atom stereocenters. The monoisotopic (exact) mass is 292 g/mol. The smallest absolute Gasteiger partial charge is 0.0705 e. The zero-order valence-electron chi connectivity index (χ0n) is 8.83. The molecule has 0 aromatic carbocycles. The van der Waals surface area contributed by atoms with Crippen LogP contribution >= 0.6 is 27.3 Å². The molecule has 0 amide bonds. The predicted molar refractivity (Wildman–Crippen MR) is 68.2 cm³/mol. The molecule has 0 aliphatic carbocycles. The summed E-state index contributed by atoms with van der Waals surface area (Å²) in [4.78, 5) is 1.33. The molecule has 1 atom stereocenters. The first-order valence-corrected chi connectivity index (χ1v) is 6.60. The molecule has 1 aromatic heterocycles. The Kier molecular flexibility index (Phi) is 6.43. The zero-order chi connectivity index (χ0) is 11.1. The minimum absolute atomic E-state index is 0.171. The highest BCUT2D eigenvalue weighted by Crippen LogP contribution is 2.21. The summed E-state index contributed by atoms with van der Waals surface area (Å²) in [5.74, 6) is 0. The van der Waals surface area contributed by atoms with Crippen molar-refractivity contribution in [3.8, 4) is 0 Å². The first-order valence-electron chi connectivity index (χ1n) is 4.93. The first-order chi connectivity index (χ1) is 7.27. The summed E-state index contributed by atoms with van der Waals surface area (Å²) in [5.41, 5.74) is 5.53. The van der Waals surface area contributed by atoms with Gasteiger partial charge < -0.3 is 15.8 Å². The Labute approximate surface area is 103 Å². The van der Waals surface area contributed by atoms with Crippen molar-refractivity contribution in [2.45, 2.75) is 19.1 Å². The summed E-state index contributed by atoms with van der Waals surface area (Å²) in [6.07, 6.45) is 1.12. The van der Waals surface area contributed by atoms with Gasteiger partial charge in [0, 0.05) is 29.5 Å². The van der Waals surface area contributed by atoms with E-state index in [0.717, 1.165) is 19.5 Å². The van der Waals surface area contributed by atoms with Crippen LogP contribution in [-0.2, 0) is 11.3 Å². The number of nitrogens with one attached hydrogen (secondary N) is 1. The Morgan fingerprint density at radius 3 is 3.00 bits per heavy atom. The number of rotatable bonds is 7. The molecule has 1 rings (SSSR count). The van der Waals surface area contributed by atoms with Crippen LogP contribution < -0.4 is 11.1 Å². The first kappa shape index (κ1) is 13.1. The van der Waals surface area contributed by atoms with Gasteiger partial charge in [0.1, 0.15) is 0 Å². The maximum atomic E-state index is 5.53. The van der Waals surface area contributed by atoms with E-state index in [9.17, 15) is 0 Å². The number of ether oxygens (including phenoxy) is 1. The highest BCUT2D eigenvalue weighted by atomic mass is 79.9. The van der Waals surface area contributed by atoms with Gasteiger partial charge in [-0.3, -0.25) is 0 Å². The summed E-state index contributed by atoms with van der Waals surface area (Å²) < 4.78 is 6.37. The molecule has 0 aliphatic heterocycles. The molecule has 0 saturated heterocycles. The van der Waals surface area contributed by atoms with Gasteiger partial charge in [-0.25, -0.2) is 0 Å². The van der Waals surface area contributed by atoms with E-state index < -0.39 is 0 Å². The lowest BCUT2D eigenvalue weighted by atomic mass is 10.2. The van der Waals surface area contributed by atoms with Crippen LogP contribution in [0.2, 0.25) is 0 Å². The lowest BCUT2D eigenvalue weighted by Crippen LogP contribution is -2.27. The van der Waals surface area contributed by atoms with E-state index in [-0.39, 0.29) is 6.10 Å². The standard InChI is InChI=1S/C10H17BrN2OS/c1-14-8(6-12)2-4-13-7-10-9(11)3-5-15-10/h3,5,8,13H,2,4,6-7,12H2,1H3. The average molecular weight is 293 g/mol. The number of nitrogens with two attached hydrogens (primary N) is 1. The van der Waals surface area contributed by atoms with Crippen molar-refractivity contribution in [3.63, 3.8) is 0 Å². The maximum Gasteiger partial charge on any atom is 0.0705 e. The van der Waals surface area contributed by atoms with Crippen molar-refractivity contribution in [3.05, 3.63) is 20.8 Å². The summed E-state index contributed by atoms with van der Waals surface area (Å²) in [5, 5.41) is 5.45. The van der Waals surface area contributed by atoms with E-state index in [1.54, 1.807) is 18.4 Å². The average Bonchev–Trinajstić information content (AvgIpc) is 2.65. The fraction of sp³-hybridized carbons (Fsp3) is 0.600. The number of hydrogen-bond donors (Lipinski definition) is 2. The molecule has 0 spiro atoms. The van der Waals surface area contributed by atoms with Gasteiger partial charge in [0.05, 0.1) is 6.10 Å². The van der Waals surface area contributed by atoms with E-state index in [1.165, 1.54) is 9.35 Å². The van der Waals surface area contributed by atoms with Crippen LogP contribution in [0.4, 0.5) is 0 Å². The Balaban J connectivity index is 2.14. The molecule has 86 valence electrons. The van der Waals surface area contributed by atoms with Crippen molar-refractivity contribution in [2.24, 2.45) is 5.73 Å². The molecule has 0 radical (unpaired) electrons. The van der Waals surface area contributed by atoms with E-state index >= 15 is 0 Å². The van der Waals surface area contributed by atoms with Crippen molar-refractivity contribution in [1.29, 1.82) is 0 Å². The van der Waals surface area contributed by atoms with Crippen LogP contribution in [0.15, 0.2) is 15.9 Å². The summed E-state index contributed by atoms with van der Waals surface area (Å²) in [6, 6.07) is 2.07. The number of hydrogen-bond acceptors (Lipinski definition) is 4. The lowest BCUT2D eigenvalue weighted by molar-refractivity contribution is 0.102. The molecule has 3 nitrogen and oxygen atoms in total. The van der Waals surface area contributed by atoms with Crippen molar-refractivity contribution >= 4 is 27.3 Å². The highest BCUT2D eigenvalue weighted by molar-refractivity contribution is 9.10. The third-order valence-electron chi connectivity index (χ3n) is 2.22. The molecule has 15 heavy (non-hydrogen) atoms. The minimum Gasteiger partial charge on any atom is -0.380 e. The van der Waals surface area contributed by atoms with Crippen LogP contribution in [-0.4, -0.2) is 26.3 Å². The normalized spacial score (nSPS) is 13.0. The second-order valence-electron chi connectivity index (χ2n) is 3.25.